The number of benzene rings is 7. The first-order chi connectivity index (χ1) is 26.1. The highest BCUT2D eigenvalue weighted by Crippen LogP contribution is 2.36. The Kier molecular flexibility index (Phi) is 7.01. The van der Waals surface area contributed by atoms with Crippen LogP contribution in [0.4, 0.5) is 0 Å². The maximum absolute atomic E-state index is 8.66. The van der Waals surface area contributed by atoms with Gasteiger partial charge < -0.3 is 4.42 Å². The third kappa shape index (κ3) is 5.32. The largest absolute Gasteiger partial charge is 0.456 e. The molecule has 0 aliphatic heterocycles. The van der Waals surface area contributed by atoms with Crippen LogP contribution in [0.3, 0.4) is 0 Å². The van der Waals surface area contributed by atoms with Gasteiger partial charge in [-0.25, -0.2) is 15.0 Å². The van der Waals surface area contributed by atoms with Gasteiger partial charge in [0, 0.05) is 33.0 Å². The van der Waals surface area contributed by atoms with E-state index < -0.39 is 0 Å². The van der Waals surface area contributed by atoms with Crippen LogP contribution in [0.1, 0.15) is 11.1 Å². The summed E-state index contributed by atoms with van der Waals surface area (Å²) >= 11 is 0. The van der Waals surface area contributed by atoms with Crippen LogP contribution in [0.25, 0.3) is 95.2 Å². The second-order valence-electron chi connectivity index (χ2n) is 13.2. The minimum atomic E-state index is 0.204. The zero-order chi connectivity index (χ0) is 35.5. The lowest BCUT2D eigenvalue weighted by Crippen LogP contribution is -2.16. The average molecular weight is 680 g/mol. The summed E-state index contributed by atoms with van der Waals surface area (Å²) in [5.74, 6) is 1.65. The van der Waals surface area contributed by atoms with Crippen molar-refractivity contribution < 1.29 is 4.42 Å². The Bertz CT molecular complexity index is 2920. The number of furan rings is 1. The van der Waals surface area contributed by atoms with E-state index in [1.54, 1.807) is 6.08 Å². The van der Waals surface area contributed by atoms with Crippen molar-refractivity contribution in [2.24, 2.45) is 0 Å². The lowest BCUT2D eigenvalue weighted by atomic mass is 9.89. The van der Waals surface area contributed by atoms with E-state index in [1.807, 2.05) is 66.7 Å². The van der Waals surface area contributed by atoms with E-state index in [0.717, 1.165) is 82.8 Å². The van der Waals surface area contributed by atoms with Crippen molar-refractivity contribution in [1.29, 1.82) is 10.8 Å². The molecule has 0 saturated carbocycles. The monoisotopic (exact) mass is 679 g/mol. The van der Waals surface area contributed by atoms with Crippen molar-refractivity contribution in [2.75, 3.05) is 0 Å². The molecular formula is C47H29N5O. The average Bonchev–Trinajstić information content (AvgIpc) is 3.60. The fourth-order valence-electron chi connectivity index (χ4n) is 7.27. The second-order valence-corrected chi connectivity index (χ2v) is 13.2. The highest BCUT2D eigenvalue weighted by Gasteiger charge is 2.20. The number of hydrogen-bond donors (Lipinski definition) is 2. The topological polar surface area (TPSA) is 99.5 Å². The van der Waals surface area contributed by atoms with Gasteiger partial charge in [0.1, 0.15) is 11.2 Å². The zero-order valence-corrected chi connectivity index (χ0v) is 28.3. The summed E-state index contributed by atoms with van der Waals surface area (Å²) in [6.45, 7) is 0. The summed E-state index contributed by atoms with van der Waals surface area (Å²) in [7, 11) is 0. The number of rotatable bonds is 5. The predicted octanol–water partition coefficient (Wildman–Crippen LogP) is 11.7. The van der Waals surface area contributed by atoms with E-state index in [-0.39, 0.29) is 11.4 Å². The standard InChI is InChI=1S/C47H29N5O/c48-40-21-18-30-15-16-31-23-32(17-20-37(31)43(30)44(40)49)45-50-46(33-19-22-42-39(27-33)38-13-7-8-14-41(38)53-42)52-47(51-45)36-25-34(28-9-3-1-4-10-28)24-35(26-36)29-11-5-2-6-12-29/h1-27,48-49H. The summed E-state index contributed by atoms with van der Waals surface area (Å²) in [6.07, 6.45) is 3.58. The minimum absolute atomic E-state index is 0.204. The normalized spacial score (nSPS) is 12.5. The molecule has 0 radical (unpaired) electrons. The lowest BCUT2D eigenvalue weighted by molar-refractivity contribution is 0.669. The van der Waals surface area contributed by atoms with Crippen LogP contribution >= 0.6 is 0 Å². The van der Waals surface area contributed by atoms with Gasteiger partial charge in [-0.15, -0.1) is 0 Å². The third-order valence-electron chi connectivity index (χ3n) is 9.93. The highest BCUT2D eigenvalue weighted by molar-refractivity contribution is 6.53. The first-order valence-corrected chi connectivity index (χ1v) is 17.4. The number of hydrogen-bond acceptors (Lipinski definition) is 6. The molecule has 7 aromatic carbocycles. The quantitative estimate of drug-likeness (QED) is 0.189. The summed E-state index contributed by atoms with van der Waals surface area (Å²) < 4.78 is 6.15. The molecule has 0 saturated heterocycles. The van der Waals surface area contributed by atoms with Crippen LogP contribution in [0, 0.1) is 10.8 Å². The summed E-state index contributed by atoms with van der Waals surface area (Å²) in [5.41, 5.74) is 10.7. The first kappa shape index (κ1) is 30.5. The minimum Gasteiger partial charge on any atom is -0.456 e. The molecule has 53 heavy (non-hydrogen) atoms. The molecule has 6 heteroatoms. The van der Waals surface area contributed by atoms with Crippen LogP contribution in [0.5, 0.6) is 0 Å². The number of fused-ring (bicyclic) bond motifs is 6. The van der Waals surface area contributed by atoms with Crippen molar-refractivity contribution in [3.8, 4) is 56.4 Å². The Labute approximate surface area is 304 Å². The SMILES string of the molecule is N=C1C=Cc2ccc3cc(-c4nc(-c5cc(-c6ccccc6)cc(-c6ccccc6)c5)nc(-c5ccc6oc7ccccc7c6c5)n4)ccc3c2C1=N. The molecule has 248 valence electrons. The molecule has 0 bridgehead atoms. The van der Waals surface area contributed by atoms with E-state index in [1.165, 1.54) is 0 Å². The van der Waals surface area contributed by atoms with E-state index in [9.17, 15) is 0 Å². The van der Waals surface area contributed by atoms with Crippen LogP contribution in [-0.4, -0.2) is 26.4 Å². The molecule has 10 rings (SSSR count). The number of allylic oxidation sites excluding steroid dienone is 1. The van der Waals surface area contributed by atoms with Gasteiger partial charge in [0.2, 0.25) is 0 Å². The third-order valence-corrected chi connectivity index (χ3v) is 9.93. The van der Waals surface area contributed by atoms with Gasteiger partial charge in [-0.05, 0) is 93.2 Å². The number of nitrogens with zero attached hydrogens (tertiary/aromatic N) is 3. The molecular weight excluding hydrogens is 651 g/mol. The second kappa shape index (κ2) is 12.2. The maximum Gasteiger partial charge on any atom is 0.164 e. The van der Waals surface area contributed by atoms with E-state index in [2.05, 4.69) is 91.0 Å². The molecule has 6 nitrogen and oxygen atoms in total. The Hall–Kier alpha value is -7.31. The van der Waals surface area contributed by atoms with Gasteiger partial charge in [0.05, 0.1) is 11.4 Å². The highest BCUT2D eigenvalue weighted by atomic mass is 16.3. The van der Waals surface area contributed by atoms with Gasteiger partial charge in [0.15, 0.2) is 17.5 Å². The van der Waals surface area contributed by atoms with E-state index in [4.69, 9.17) is 30.2 Å². The van der Waals surface area contributed by atoms with Gasteiger partial charge in [0.25, 0.3) is 0 Å². The van der Waals surface area contributed by atoms with E-state index >= 15 is 0 Å². The fourth-order valence-corrected chi connectivity index (χ4v) is 7.27. The van der Waals surface area contributed by atoms with Crippen molar-refractivity contribution in [3.63, 3.8) is 0 Å². The molecule has 0 spiro atoms. The summed E-state index contributed by atoms with van der Waals surface area (Å²) in [6, 6.07) is 51.5. The molecule has 0 fully saturated rings. The number of nitrogens with one attached hydrogen (secondary N) is 2. The smallest absolute Gasteiger partial charge is 0.164 e. The number of para-hydroxylation sites is 1. The van der Waals surface area contributed by atoms with Crippen molar-refractivity contribution >= 4 is 50.2 Å². The molecule has 0 atom stereocenters. The van der Waals surface area contributed by atoms with Crippen LogP contribution in [0.2, 0.25) is 0 Å². The Morgan fingerprint density at radius 3 is 1.70 bits per heavy atom. The van der Waals surface area contributed by atoms with Gasteiger partial charge >= 0.3 is 0 Å². The van der Waals surface area contributed by atoms with Gasteiger partial charge in [-0.3, -0.25) is 10.8 Å². The van der Waals surface area contributed by atoms with Crippen molar-refractivity contribution in [2.45, 2.75) is 0 Å². The molecule has 2 aromatic heterocycles. The van der Waals surface area contributed by atoms with Crippen LogP contribution in [0.15, 0.2) is 162 Å². The number of aromatic nitrogens is 3. The predicted molar refractivity (Wildman–Crippen MR) is 215 cm³/mol. The van der Waals surface area contributed by atoms with E-state index in [0.29, 0.717) is 17.5 Å². The Morgan fingerprint density at radius 2 is 0.981 bits per heavy atom. The first-order valence-electron chi connectivity index (χ1n) is 17.4. The summed E-state index contributed by atoms with van der Waals surface area (Å²) in [5, 5.41) is 20.8. The molecule has 0 amide bonds. The molecule has 1 aliphatic rings. The Morgan fingerprint density at radius 1 is 0.396 bits per heavy atom. The van der Waals surface area contributed by atoms with Crippen LogP contribution < -0.4 is 0 Å². The molecule has 2 heterocycles. The fraction of sp³-hybridized carbons (Fsp3) is 0. The molecule has 1 aliphatic carbocycles. The van der Waals surface area contributed by atoms with Crippen LogP contribution in [-0.2, 0) is 0 Å². The van der Waals surface area contributed by atoms with Gasteiger partial charge in [-0.2, -0.15) is 0 Å². The molecule has 0 unspecified atom stereocenters. The lowest BCUT2D eigenvalue weighted by Gasteiger charge is -2.16. The molecule has 2 N–H and O–H groups in total. The Balaban J connectivity index is 1.20. The zero-order valence-electron chi connectivity index (χ0n) is 28.3. The van der Waals surface area contributed by atoms with Gasteiger partial charge in [-0.1, -0.05) is 109 Å². The molecule has 9 aromatic rings. The van der Waals surface area contributed by atoms with Crippen molar-refractivity contribution in [3.05, 3.63) is 169 Å². The van der Waals surface area contributed by atoms with Crippen molar-refractivity contribution in [1.82, 2.24) is 15.0 Å². The maximum atomic E-state index is 8.66. The summed E-state index contributed by atoms with van der Waals surface area (Å²) in [4.78, 5) is 15.4.